The number of carbonyl (C=O) groups excluding carboxylic acids is 1. The third kappa shape index (κ3) is 1.78. The number of hydrogen-bond acceptors (Lipinski definition) is 3. The molecule has 0 heterocycles. The van der Waals surface area contributed by atoms with Crippen LogP contribution in [-0.2, 0) is 4.79 Å². The van der Waals surface area contributed by atoms with Crippen LogP contribution in [0.5, 0.6) is 0 Å². The topological polar surface area (TPSA) is 57.5 Å². The summed E-state index contributed by atoms with van der Waals surface area (Å²) >= 11 is 0. The monoisotopic (exact) mass is 304 g/mol. The van der Waals surface area contributed by atoms with Crippen LogP contribution in [-0.4, -0.2) is 28.2 Å². The van der Waals surface area contributed by atoms with E-state index in [2.05, 4.69) is 13.8 Å². The van der Waals surface area contributed by atoms with Crippen molar-refractivity contribution in [1.29, 1.82) is 0 Å². The molecule has 3 fully saturated rings. The molecular weight excluding hydrogens is 276 g/mol. The number of Topliss-reactive ketones (excluding diaryl/α,β-unsaturated/α-hetero) is 1. The van der Waals surface area contributed by atoms with E-state index in [1.807, 2.05) is 6.08 Å². The molecule has 0 amide bonds. The maximum absolute atomic E-state index is 12.4. The highest BCUT2D eigenvalue weighted by atomic mass is 16.3. The predicted octanol–water partition coefficient (Wildman–Crippen LogP) is 2.85. The fourth-order valence-corrected chi connectivity index (χ4v) is 6.40. The highest BCUT2D eigenvalue weighted by Crippen LogP contribution is 2.63. The van der Waals surface area contributed by atoms with Crippen molar-refractivity contribution in [2.24, 2.45) is 28.6 Å². The van der Waals surface area contributed by atoms with Crippen LogP contribution >= 0.6 is 0 Å². The van der Waals surface area contributed by atoms with Gasteiger partial charge in [0.2, 0.25) is 0 Å². The normalized spacial score (nSPS) is 54.3. The van der Waals surface area contributed by atoms with Crippen molar-refractivity contribution in [3.05, 3.63) is 11.6 Å². The number of aliphatic hydroxyl groups excluding tert-OH is 2. The second-order valence-corrected chi connectivity index (χ2v) is 8.70. The molecule has 0 aromatic heterocycles. The minimum atomic E-state index is -0.436. The van der Waals surface area contributed by atoms with Crippen LogP contribution < -0.4 is 0 Å². The summed E-state index contributed by atoms with van der Waals surface area (Å²) in [6, 6.07) is 0. The third-order valence-electron chi connectivity index (χ3n) is 7.81. The summed E-state index contributed by atoms with van der Waals surface area (Å²) in [5.41, 5.74) is 1.20. The van der Waals surface area contributed by atoms with Gasteiger partial charge in [0.15, 0.2) is 0 Å². The van der Waals surface area contributed by atoms with Crippen molar-refractivity contribution in [3.63, 3.8) is 0 Å². The number of rotatable bonds is 0. The van der Waals surface area contributed by atoms with E-state index in [0.29, 0.717) is 24.0 Å². The highest BCUT2D eigenvalue weighted by molar-refractivity contribution is 5.87. The van der Waals surface area contributed by atoms with Crippen LogP contribution in [0.2, 0.25) is 0 Å². The van der Waals surface area contributed by atoms with Gasteiger partial charge in [0.1, 0.15) is 5.78 Å². The van der Waals surface area contributed by atoms with Gasteiger partial charge in [0.25, 0.3) is 0 Å². The molecule has 22 heavy (non-hydrogen) atoms. The first-order chi connectivity index (χ1) is 10.4. The van der Waals surface area contributed by atoms with Crippen LogP contribution in [0.15, 0.2) is 11.6 Å². The van der Waals surface area contributed by atoms with Gasteiger partial charge in [0, 0.05) is 11.8 Å². The van der Waals surface area contributed by atoms with Crippen molar-refractivity contribution in [2.75, 3.05) is 0 Å². The Labute approximate surface area is 132 Å². The minimum Gasteiger partial charge on any atom is -0.393 e. The average molecular weight is 304 g/mol. The van der Waals surface area contributed by atoms with Gasteiger partial charge < -0.3 is 10.2 Å². The van der Waals surface area contributed by atoms with Gasteiger partial charge in [-0.15, -0.1) is 0 Å². The van der Waals surface area contributed by atoms with Gasteiger partial charge in [-0.3, -0.25) is 4.79 Å². The Hall–Kier alpha value is -0.670. The van der Waals surface area contributed by atoms with Crippen molar-refractivity contribution in [3.8, 4) is 0 Å². The Morgan fingerprint density at radius 1 is 1.05 bits per heavy atom. The number of carbonyl (C=O) groups is 1. The number of fused-ring (bicyclic) bond motifs is 5. The average Bonchev–Trinajstić information content (AvgIpc) is 2.77. The lowest BCUT2D eigenvalue weighted by atomic mass is 9.47. The van der Waals surface area contributed by atoms with Crippen molar-refractivity contribution < 1.29 is 15.0 Å². The van der Waals surface area contributed by atoms with Crippen LogP contribution in [0.4, 0.5) is 0 Å². The van der Waals surface area contributed by atoms with E-state index >= 15 is 0 Å². The van der Waals surface area contributed by atoms with Gasteiger partial charge in [-0.2, -0.15) is 0 Å². The molecule has 4 aliphatic rings. The summed E-state index contributed by atoms with van der Waals surface area (Å²) in [5.74, 6) is 1.46. The molecule has 0 spiro atoms. The molecule has 7 atom stereocenters. The number of hydrogen-bond donors (Lipinski definition) is 2. The van der Waals surface area contributed by atoms with Crippen molar-refractivity contribution in [2.45, 2.75) is 71.0 Å². The molecule has 2 N–H and O–H groups in total. The zero-order valence-corrected chi connectivity index (χ0v) is 13.7. The van der Waals surface area contributed by atoms with Gasteiger partial charge in [0.05, 0.1) is 12.2 Å². The van der Waals surface area contributed by atoms with E-state index in [9.17, 15) is 15.0 Å². The summed E-state index contributed by atoms with van der Waals surface area (Å²) in [4.78, 5) is 12.4. The molecule has 4 aliphatic carbocycles. The maximum Gasteiger partial charge on any atom is 0.139 e. The fourth-order valence-electron chi connectivity index (χ4n) is 6.40. The highest BCUT2D eigenvalue weighted by Gasteiger charge is 2.60. The molecule has 122 valence electrons. The lowest BCUT2D eigenvalue weighted by molar-refractivity contribution is -0.135. The molecule has 4 rings (SSSR count). The Morgan fingerprint density at radius 2 is 1.73 bits per heavy atom. The van der Waals surface area contributed by atoms with Gasteiger partial charge in [-0.1, -0.05) is 25.5 Å². The Kier molecular flexibility index (Phi) is 3.16. The molecule has 3 nitrogen and oxygen atoms in total. The van der Waals surface area contributed by atoms with Gasteiger partial charge in [-0.25, -0.2) is 0 Å². The Morgan fingerprint density at radius 3 is 2.50 bits per heavy atom. The van der Waals surface area contributed by atoms with Crippen LogP contribution in [0.25, 0.3) is 0 Å². The van der Waals surface area contributed by atoms with E-state index in [0.717, 1.165) is 38.5 Å². The maximum atomic E-state index is 12.4. The first kappa shape index (κ1) is 14.9. The molecular formula is C19H28O3. The molecule has 0 aromatic rings. The van der Waals surface area contributed by atoms with E-state index in [1.165, 1.54) is 5.57 Å². The molecule has 0 aromatic carbocycles. The molecule has 3 heteroatoms. The smallest absolute Gasteiger partial charge is 0.139 e. The number of ketones is 1. The van der Waals surface area contributed by atoms with E-state index in [1.54, 1.807) is 0 Å². The largest absolute Gasteiger partial charge is 0.393 e. The van der Waals surface area contributed by atoms with E-state index in [4.69, 9.17) is 0 Å². The SMILES string of the molecule is CC12CCC3C(C1CCC2=O)[C@@H](O)C=C1C[C@@H](O)CCC13C. The molecule has 0 saturated heterocycles. The number of aliphatic hydroxyl groups is 2. The quantitative estimate of drug-likeness (QED) is 0.677. The summed E-state index contributed by atoms with van der Waals surface area (Å²) in [6.07, 6.45) is 7.65. The molecule has 0 radical (unpaired) electrons. The third-order valence-corrected chi connectivity index (χ3v) is 7.81. The second-order valence-electron chi connectivity index (χ2n) is 8.70. The van der Waals surface area contributed by atoms with Crippen LogP contribution in [0.1, 0.15) is 58.8 Å². The van der Waals surface area contributed by atoms with E-state index in [-0.39, 0.29) is 22.9 Å². The summed E-state index contributed by atoms with van der Waals surface area (Å²) < 4.78 is 0. The molecule has 0 aliphatic heterocycles. The minimum absolute atomic E-state index is 0.121. The summed E-state index contributed by atoms with van der Waals surface area (Å²) in [6.45, 7) is 4.48. The fraction of sp³-hybridized carbons (Fsp3) is 0.842. The molecule has 3 saturated carbocycles. The second kappa shape index (κ2) is 4.67. The summed E-state index contributed by atoms with van der Waals surface area (Å²) in [7, 11) is 0. The molecule has 5 unspecified atom stereocenters. The van der Waals surface area contributed by atoms with Crippen LogP contribution in [0.3, 0.4) is 0 Å². The standard InChI is InChI=1S/C19H28O3/c1-18-7-5-12(20)9-11(18)10-15(21)17-13-3-4-16(22)19(13,2)8-6-14(17)18/h10,12-15,17,20-21H,3-9H2,1-2H3/t12-,13?,14?,15-,17?,18?,19?/m0/s1. The zero-order valence-electron chi connectivity index (χ0n) is 13.7. The van der Waals surface area contributed by atoms with Crippen LogP contribution in [0, 0.1) is 28.6 Å². The lowest BCUT2D eigenvalue weighted by Gasteiger charge is -2.58. The first-order valence-electron chi connectivity index (χ1n) is 8.97. The van der Waals surface area contributed by atoms with Gasteiger partial charge in [-0.05, 0) is 61.7 Å². The summed E-state index contributed by atoms with van der Waals surface area (Å²) in [5, 5.41) is 20.8. The molecule has 0 bridgehead atoms. The van der Waals surface area contributed by atoms with Crippen molar-refractivity contribution >= 4 is 5.78 Å². The van der Waals surface area contributed by atoms with E-state index < -0.39 is 6.10 Å². The lowest BCUT2D eigenvalue weighted by Crippen LogP contribution is -2.54. The predicted molar refractivity (Wildman–Crippen MR) is 84.1 cm³/mol. The van der Waals surface area contributed by atoms with Gasteiger partial charge >= 0.3 is 0 Å². The Balaban J connectivity index is 1.75. The van der Waals surface area contributed by atoms with Crippen molar-refractivity contribution in [1.82, 2.24) is 0 Å². The Bertz CT molecular complexity index is 539. The first-order valence-corrected chi connectivity index (χ1v) is 8.97. The zero-order chi connectivity index (χ0) is 15.7.